The van der Waals surface area contributed by atoms with Crippen LogP contribution in [0.4, 0.5) is 8.78 Å². The van der Waals surface area contributed by atoms with E-state index in [2.05, 4.69) is 54.8 Å². The lowest BCUT2D eigenvalue weighted by Gasteiger charge is -2.17. The first-order valence-electron chi connectivity index (χ1n) is 15.4. The van der Waals surface area contributed by atoms with E-state index < -0.39 is 11.6 Å². The second kappa shape index (κ2) is 11.4. The summed E-state index contributed by atoms with van der Waals surface area (Å²) < 4.78 is 32.7. The molecular formula is C41H28F2N4. The molecule has 226 valence electrons. The van der Waals surface area contributed by atoms with Gasteiger partial charge in [-0.1, -0.05) is 97.1 Å². The fourth-order valence-corrected chi connectivity index (χ4v) is 6.26. The van der Waals surface area contributed by atoms with Crippen LogP contribution in [-0.2, 0) is 0 Å². The van der Waals surface area contributed by atoms with Crippen molar-refractivity contribution in [1.29, 1.82) is 0 Å². The molecule has 0 radical (unpaired) electrons. The Bertz CT molecular complexity index is 2310. The Morgan fingerprint density at radius 1 is 0.468 bits per heavy atom. The molecule has 0 fully saturated rings. The minimum Gasteiger partial charge on any atom is -0.308 e. The molecule has 2 aromatic heterocycles. The van der Waals surface area contributed by atoms with Crippen molar-refractivity contribution in [3.8, 4) is 51.0 Å². The van der Waals surface area contributed by atoms with Gasteiger partial charge in [0, 0.05) is 27.5 Å². The van der Waals surface area contributed by atoms with Gasteiger partial charge in [0.1, 0.15) is 11.6 Å². The normalized spacial score (nSPS) is 11.4. The Labute approximate surface area is 270 Å². The quantitative estimate of drug-likeness (QED) is 0.194. The van der Waals surface area contributed by atoms with E-state index >= 15 is 8.78 Å². The van der Waals surface area contributed by atoms with Gasteiger partial charge in [-0.15, -0.1) is 0 Å². The van der Waals surface area contributed by atoms with Crippen molar-refractivity contribution < 1.29 is 8.78 Å². The molecule has 0 aliphatic rings. The molecular weight excluding hydrogens is 586 g/mol. The molecule has 8 rings (SSSR count). The Morgan fingerprint density at radius 3 is 1.51 bits per heavy atom. The first-order chi connectivity index (χ1) is 22.9. The zero-order valence-electron chi connectivity index (χ0n) is 25.7. The van der Waals surface area contributed by atoms with Gasteiger partial charge in [-0.2, -0.15) is 0 Å². The van der Waals surface area contributed by atoms with E-state index in [-0.39, 0.29) is 5.56 Å². The van der Waals surface area contributed by atoms with Gasteiger partial charge < -0.3 is 4.57 Å². The fraction of sp³-hybridized carbons (Fsp3) is 0.0488. The van der Waals surface area contributed by atoms with E-state index in [9.17, 15) is 0 Å². The van der Waals surface area contributed by atoms with Crippen LogP contribution >= 0.6 is 0 Å². The van der Waals surface area contributed by atoms with Gasteiger partial charge in [-0.05, 0) is 66.9 Å². The minimum absolute atomic E-state index is 0.0842. The van der Waals surface area contributed by atoms with Gasteiger partial charge in [-0.25, -0.2) is 23.7 Å². The van der Waals surface area contributed by atoms with E-state index in [4.69, 9.17) is 15.0 Å². The first-order valence-corrected chi connectivity index (χ1v) is 15.4. The molecule has 6 aromatic carbocycles. The summed E-state index contributed by atoms with van der Waals surface area (Å²) >= 11 is 0. The van der Waals surface area contributed by atoms with Gasteiger partial charge in [0.2, 0.25) is 0 Å². The van der Waals surface area contributed by atoms with Crippen molar-refractivity contribution in [2.24, 2.45) is 0 Å². The van der Waals surface area contributed by atoms with Crippen molar-refractivity contribution in [2.45, 2.75) is 13.8 Å². The van der Waals surface area contributed by atoms with Crippen molar-refractivity contribution in [1.82, 2.24) is 19.5 Å². The lowest BCUT2D eigenvalue weighted by molar-refractivity contribution is 0.589. The van der Waals surface area contributed by atoms with E-state index in [1.165, 1.54) is 18.2 Å². The predicted molar refractivity (Wildman–Crippen MR) is 185 cm³/mol. The zero-order valence-corrected chi connectivity index (χ0v) is 25.7. The smallest absolute Gasteiger partial charge is 0.166 e. The summed E-state index contributed by atoms with van der Waals surface area (Å²) in [5.41, 5.74) is 7.55. The maximum Gasteiger partial charge on any atom is 0.166 e. The van der Waals surface area contributed by atoms with Gasteiger partial charge in [0.25, 0.3) is 0 Å². The second-order valence-electron chi connectivity index (χ2n) is 11.7. The number of hydrogen-bond donors (Lipinski definition) is 0. The summed E-state index contributed by atoms with van der Waals surface area (Å²) in [6.45, 7) is 4.12. The van der Waals surface area contributed by atoms with E-state index in [1.54, 1.807) is 6.07 Å². The summed E-state index contributed by atoms with van der Waals surface area (Å²) in [5, 5.41) is 2.15. The Balaban J connectivity index is 1.49. The Morgan fingerprint density at radius 2 is 0.979 bits per heavy atom. The molecule has 0 aliphatic carbocycles. The molecule has 6 heteroatoms. The summed E-state index contributed by atoms with van der Waals surface area (Å²) in [5.74, 6) is 0.242. The molecule has 0 amide bonds. The molecule has 0 unspecified atom stereocenters. The van der Waals surface area contributed by atoms with Crippen molar-refractivity contribution >= 4 is 21.8 Å². The second-order valence-corrected chi connectivity index (χ2v) is 11.7. The highest BCUT2D eigenvalue weighted by molar-refractivity contribution is 6.10. The molecule has 0 spiro atoms. The number of halogens is 2. The third-order valence-electron chi connectivity index (χ3n) is 8.51. The molecule has 0 N–H and O–H groups in total. The molecule has 0 bridgehead atoms. The standard InChI is InChI=1S/C41H28F2N4/c1-25-16-19-30-31-20-17-26(2)23-36(31)47(35(30)22-25)37-24-29(38-33(42)14-9-15-34(38)43)18-21-32(37)41-45-39(27-10-5-3-6-11-27)44-40(46-41)28-12-7-4-8-13-28/h3-24H,1-2H3. The average molecular weight is 615 g/mol. The van der Waals surface area contributed by atoms with Crippen LogP contribution in [0.1, 0.15) is 11.1 Å². The summed E-state index contributed by atoms with van der Waals surface area (Å²) in [4.78, 5) is 14.9. The minimum atomic E-state index is -0.629. The van der Waals surface area contributed by atoms with Crippen LogP contribution in [-0.4, -0.2) is 19.5 Å². The van der Waals surface area contributed by atoms with Crippen LogP contribution < -0.4 is 0 Å². The Hall–Kier alpha value is -6.01. The molecule has 0 saturated carbocycles. The molecule has 8 aromatic rings. The summed E-state index contributed by atoms with van der Waals surface area (Å²) in [6, 6.07) is 41.7. The number of nitrogens with zero attached hydrogens (tertiary/aromatic N) is 4. The topological polar surface area (TPSA) is 43.6 Å². The summed E-state index contributed by atoms with van der Waals surface area (Å²) in [6.07, 6.45) is 0. The van der Waals surface area contributed by atoms with Crippen molar-refractivity contribution in [3.05, 3.63) is 156 Å². The molecule has 2 heterocycles. The number of rotatable bonds is 5. The van der Waals surface area contributed by atoms with Crippen LogP contribution in [0.3, 0.4) is 0 Å². The van der Waals surface area contributed by atoms with Gasteiger partial charge in [0.15, 0.2) is 17.5 Å². The molecule has 0 aliphatic heterocycles. The number of aromatic nitrogens is 4. The zero-order chi connectivity index (χ0) is 32.1. The lowest BCUT2D eigenvalue weighted by atomic mass is 10.00. The number of aryl methyl sites for hydroxylation is 2. The summed E-state index contributed by atoms with van der Waals surface area (Å²) in [7, 11) is 0. The maximum atomic E-state index is 15.2. The van der Waals surface area contributed by atoms with Crippen molar-refractivity contribution in [2.75, 3.05) is 0 Å². The largest absolute Gasteiger partial charge is 0.308 e. The number of benzene rings is 6. The SMILES string of the molecule is Cc1ccc2c3ccc(C)cc3n(-c3cc(-c4c(F)cccc4F)ccc3-c3nc(-c4ccccc4)nc(-c4ccccc4)n3)c2c1. The van der Waals surface area contributed by atoms with Crippen LogP contribution in [0, 0.1) is 25.5 Å². The van der Waals surface area contributed by atoms with Crippen LogP contribution in [0.2, 0.25) is 0 Å². The van der Waals surface area contributed by atoms with Crippen molar-refractivity contribution in [3.63, 3.8) is 0 Å². The number of hydrogen-bond acceptors (Lipinski definition) is 3. The predicted octanol–water partition coefficient (Wildman–Crippen LogP) is 10.5. The van der Waals surface area contributed by atoms with Gasteiger partial charge in [0.05, 0.1) is 22.3 Å². The highest BCUT2D eigenvalue weighted by atomic mass is 19.1. The maximum absolute atomic E-state index is 15.2. The van der Waals surface area contributed by atoms with Gasteiger partial charge in [-0.3, -0.25) is 0 Å². The lowest BCUT2D eigenvalue weighted by Crippen LogP contribution is -2.04. The molecule has 4 nitrogen and oxygen atoms in total. The number of fused-ring (bicyclic) bond motifs is 3. The molecule has 0 saturated heterocycles. The molecule has 0 atom stereocenters. The highest BCUT2D eigenvalue weighted by Gasteiger charge is 2.22. The van der Waals surface area contributed by atoms with E-state index in [1.807, 2.05) is 72.8 Å². The van der Waals surface area contributed by atoms with Crippen LogP contribution in [0.5, 0.6) is 0 Å². The first kappa shape index (κ1) is 28.5. The average Bonchev–Trinajstić information content (AvgIpc) is 3.40. The molecule has 47 heavy (non-hydrogen) atoms. The Kier molecular flexibility index (Phi) is 6.91. The van der Waals surface area contributed by atoms with E-state index in [0.717, 1.165) is 44.1 Å². The third-order valence-corrected chi connectivity index (χ3v) is 8.51. The monoisotopic (exact) mass is 614 g/mol. The van der Waals surface area contributed by atoms with Crippen LogP contribution in [0.25, 0.3) is 72.8 Å². The third kappa shape index (κ3) is 5.04. The van der Waals surface area contributed by atoms with E-state index in [0.29, 0.717) is 34.3 Å². The van der Waals surface area contributed by atoms with Crippen LogP contribution in [0.15, 0.2) is 133 Å². The highest BCUT2D eigenvalue weighted by Crippen LogP contribution is 2.39. The van der Waals surface area contributed by atoms with Gasteiger partial charge >= 0.3 is 0 Å². The fourth-order valence-electron chi connectivity index (χ4n) is 6.26.